The molecule has 0 fully saturated rings. The normalized spacial score (nSPS) is 11.3. The second-order valence-electron chi connectivity index (χ2n) is 17.7. The van der Waals surface area contributed by atoms with Crippen molar-refractivity contribution in [2.75, 3.05) is 9.80 Å². The smallest absolute Gasteiger partial charge is 0.0462 e. The maximum atomic E-state index is 2.45. The molecular formula is C67H53N2P. The molecule has 0 amide bonds. The molecule has 0 saturated carbocycles. The second-order valence-corrected chi connectivity index (χ2v) is 20.1. The molecular weight excluding hydrogens is 864 g/mol. The number of hydrogen-bond acceptors (Lipinski definition) is 2. The fourth-order valence-electron chi connectivity index (χ4n) is 9.81. The lowest BCUT2D eigenvalue weighted by Crippen LogP contribution is -2.09. The van der Waals surface area contributed by atoms with E-state index < -0.39 is 7.53 Å². The van der Waals surface area contributed by atoms with Gasteiger partial charge in [-0.1, -0.05) is 201 Å². The first kappa shape index (κ1) is 44.1. The Labute approximate surface area is 414 Å². The average Bonchev–Trinajstić information content (AvgIpc) is 3.78. The van der Waals surface area contributed by atoms with Gasteiger partial charge in [-0.05, 0) is 153 Å². The van der Waals surface area contributed by atoms with Gasteiger partial charge in [-0.15, -0.1) is 7.53 Å². The third-order valence-corrected chi connectivity index (χ3v) is 16.1. The molecule has 1 heterocycles. The Bertz CT molecular complexity index is 3270. The topological polar surface area (TPSA) is 6.48 Å². The Morgan fingerprint density at radius 1 is 0.271 bits per heavy atom. The molecule has 0 aliphatic rings. The first-order valence-electron chi connectivity index (χ1n) is 24.2. The van der Waals surface area contributed by atoms with Crippen LogP contribution in [0.25, 0.3) is 66.2 Å². The third kappa shape index (κ3) is 9.14. The third-order valence-electron chi connectivity index (χ3n) is 13.4. The number of aryl methyl sites for hydroxylation is 1. The summed E-state index contributed by atoms with van der Waals surface area (Å²) in [6.07, 6.45) is 1.07. The van der Waals surface area contributed by atoms with Crippen LogP contribution in [0.15, 0.2) is 273 Å². The Hall–Kier alpha value is -8.42. The van der Waals surface area contributed by atoms with Gasteiger partial charge in [-0.25, -0.2) is 0 Å². The van der Waals surface area contributed by atoms with Crippen LogP contribution in [0.2, 0.25) is 0 Å². The van der Waals surface area contributed by atoms with E-state index in [0.29, 0.717) is 0 Å². The summed E-state index contributed by atoms with van der Waals surface area (Å²) in [6.45, 7) is 4.64. The molecule has 10 aromatic carbocycles. The molecule has 2 nitrogen and oxygen atoms in total. The van der Waals surface area contributed by atoms with Gasteiger partial charge in [0.25, 0.3) is 0 Å². The van der Waals surface area contributed by atoms with Gasteiger partial charge in [0.05, 0.1) is 0 Å². The Balaban J connectivity index is 0.909. The van der Waals surface area contributed by atoms with E-state index in [4.69, 9.17) is 0 Å². The van der Waals surface area contributed by atoms with Crippen molar-refractivity contribution in [1.82, 2.24) is 0 Å². The van der Waals surface area contributed by atoms with Crippen molar-refractivity contribution in [3.63, 3.8) is 0 Å². The minimum Gasteiger partial charge on any atom is -0.311 e. The van der Waals surface area contributed by atoms with Gasteiger partial charge >= 0.3 is 0 Å². The summed E-state index contributed by atoms with van der Waals surface area (Å²) in [4.78, 5) is 4.74. The number of nitrogens with zero attached hydrogens (tertiary/aromatic N) is 2. The summed E-state index contributed by atoms with van der Waals surface area (Å²) >= 11 is 0. The van der Waals surface area contributed by atoms with Gasteiger partial charge in [0.1, 0.15) is 0 Å². The molecule has 0 aliphatic heterocycles. The molecule has 1 unspecified atom stereocenters. The predicted octanol–water partition coefficient (Wildman–Crippen LogP) is 19.9. The average molecular weight is 917 g/mol. The van der Waals surface area contributed by atoms with Crippen LogP contribution >= 0.6 is 7.53 Å². The van der Waals surface area contributed by atoms with Crippen molar-refractivity contribution in [3.05, 3.63) is 279 Å². The highest BCUT2D eigenvalue weighted by Gasteiger charge is 2.20. The zero-order valence-corrected chi connectivity index (χ0v) is 40.4. The van der Waals surface area contributed by atoms with Crippen molar-refractivity contribution in [2.24, 2.45) is 0 Å². The van der Waals surface area contributed by atoms with Crippen LogP contribution in [0.5, 0.6) is 0 Å². The molecule has 11 rings (SSSR count). The maximum absolute atomic E-state index is 2.45. The van der Waals surface area contributed by atoms with Gasteiger partial charge in [-0.3, -0.25) is 0 Å². The van der Waals surface area contributed by atoms with E-state index in [1.54, 1.807) is 0 Å². The van der Waals surface area contributed by atoms with Gasteiger partial charge in [0.2, 0.25) is 0 Å². The van der Waals surface area contributed by atoms with Gasteiger partial charge < -0.3 is 9.80 Å². The lowest BCUT2D eigenvalue weighted by Gasteiger charge is -2.26. The van der Waals surface area contributed by atoms with Gasteiger partial charge in [0, 0.05) is 44.7 Å². The van der Waals surface area contributed by atoms with E-state index in [0.717, 1.165) is 40.3 Å². The van der Waals surface area contributed by atoms with E-state index in [2.05, 4.69) is 297 Å². The highest BCUT2D eigenvalue weighted by molar-refractivity contribution is 7.55. The number of rotatable bonds is 13. The predicted molar refractivity (Wildman–Crippen MR) is 302 cm³/mol. The fraction of sp³-hybridized carbons (Fsp3) is 0.0448. The number of hydrogen-bond donors (Lipinski definition) is 0. The monoisotopic (exact) mass is 916 g/mol. The number of anilines is 6. The molecule has 0 radical (unpaired) electrons. The Morgan fingerprint density at radius 2 is 0.500 bits per heavy atom. The first-order valence-corrected chi connectivity index (χ1v) is 25.7. The van der Waals surface area contributed by atoms with Crippen LogP contribution < -0.4 is 9.80 Å². The zero-order chi connectivity index (χ0) is 47.2. The molecule has 1 atom stereocenters. The molecule has 0 saturated heterocycles. The summed E-state index contributed by atoms with van der Waals surface area (Å²) in [5.41, 5.74) is 20.3. The van der Waals surface area contributed by atoms with Gasteiger partial charge in [-0.2, -0.15) is 0 Å². The number of benzene rings is 10. The molecule has 0 spiro atoms. The molecule has 0 aliphatic carbocycles. The van der Waals surface area contributed by atoms with Crippen molar-refractivity contribution >= 4 is 41.7 Å². The van der Waals surface area contributed by atoms with Crippen LogP contribution in [-0.4, -0.2) is 0 Å². The maximum Gasteiger partial charge on any atom is 0.0462 e. The minimum atomic E-state index is -0.577. The molecule has 0 bridgehead atoms. The van der Waals surface area contributed by atoms with E-state index in [1.165, 1.54) is 71.8 Å². The fourth-order valence-corrected chi connectivity index (χ4v) is 12.5. The highest BCUT2D eigenvalue weighted by Crippen LogP contribution is 2.54. The van der Waals surface area contributed by atoms with E-state index >= 15 is 0 Å². The van der Waals surface area contributed by atoms with Crippen molar-refractivity contribution < 1.29 is 0 Å². The standard InChI is InChI=1S/C67H53N2P/c1-3-70-66(58-32-44-64(45-33-58)68(60-36-24-54(25-37-60)50-16-8-4-9-17-50)61-38-26-55(27-39-61)51-18-10-5-11-19-51)48-49(2)67(70)59-34-46-65(47-35-59)69(62-40-28-56(29-41-62)52-20-12-6-13-21-52)63-42-30-57(31-43-63)53-22-14-7-15-23-53/h4-48H,3H2,1-2H3. The minimum absolute atomic E-state index is 0.577. The molecule has 0 N–H and O–H groups in total. The van der Waals surface area contributed by atoms with E-state index in [-0.39, 0.29) is 0 Å². The van der Waals surface area contributed by atoms with Crippen LogP contribution in [0.1, 0.15) is 12.5 Å². The lowest BCUT2D eigenvalue weighted by atomic mass is 10.0. The lowest BCUT2D eigenvalue weighted by molar-refractivity contribution is 1.28. The largest absolute Gasteiger partial charge is 0.311 e. The molecule has 336 valence electrons. The van der Waals surface area contributed by atoms with Crippen LogP contribution in [0, 0.1) is 6.92 Å². The molecule has 11 aromatic rings. The quantitative estimate of drug-likeness (QED) is 0.114. The zero-order valence-electron chi connectivity index (χ0n) is 39.5. The summed E-state index contributed by atoms with van der Waals surface area (Å²) in [5.74, 6) is 0. The SMILES string of the molecule is CCp1c(-c2ccc(N(c3ccc(-c4ccccc4)cc3)c3ccc(-c4ccccc4)cc3)cc2)cc(C)c1-c1ccc(N(c2ccc(-c3ccccc3)cc2)c2ccc(-c3ccccc3)cc2)cc1. The molecule has 1 aromatic heterocycles. The second kappa shape index (κ2) is 20.0. The summed E-state index contributed by atoms with van der Waals surface area (Å²) in [7, 11) is -0.577. The first-order chi connectivity index (χ1) is 34.6. The highest BCUT2D eigenvalue weighted by atomic mass is 31.1. The van der Waals surface area contributed by atoms with Gasteiger partial charge in [0.15, 0.2) is 0 Å². The van der Waals surface area contributed by atoms with Crippen molar-refractivity contribution in [2.45, 2.75) is 20.0 Å². The van der Waals surface area contributed by atoms with Crippen LogP contribution in [-0.2, 0) is 6.16 Å². The molecule has 70 heavy (non-hydrogen) atoms. The Morgan fingerprint density at radius 3 is 0.757 bits per heavy atom. The Kier molecular flexibility index (Phi) is 12.6. The van der Waals surface area contributed by atoms with Crippen LogP contribution in [0.4, 0.5) is 34.1 Å². The molecule has 3 heteroatoms. The van der Waals surface area contributed by atoms with Crippen LogP contribution in [0.3, 0.4) is 0 Å². The van der Waals surface area contributed by atoms with E-state index in [9.17, 15) is 0 Å². The van der Waals surface area contributed by atoms with Crippen molar-refractivity contribution in [1.29, 1.82) is 0 Å². The summed E-state index contributed by atoms with van der Waals surface area (Å²) in [5, 5.41) is 2.90. The summed E-state index contributed by atoms with van der Waals surface area (Å²) in [6, 6.07) is 99.2. The van der Waals surface area contributed by atoms with Crippen molar-refractivity contribution in [3.8, 4) is 66.2 Å². The summed E-state index contributed by atoms with van der Waals surface area (Å²) < 4.78 is 0. The van der Waals surface area contributed by atoms with E-state index in [1.807, 2.05) is 0 Å².